The summed E-state index contributed by atoms with van der Waals surface area (Å²) in [6, 6.07) is 0. The molecule has 3 unspecified atom stereocenters. The van der Waals surface area contributed by atoms with Gasteiger partial charge in [-0.15, -0.1) is 0 Å². The van der Waals surface area contributed by atoms with E-state index in [-0.39, 0.29) is 63.4 Å². The van der Waals surface area contributed by atoms with E-state index in [0.717, 1.165) is 64.2 Å². The molecule has 10 nitrogen and oxygen atoms in total. The Morgan fingerprint density at radius 3 is 1.22 bits per heavy atom. The van der Waals surface area contributed by atoms with Gasteiger partial charge in [-0.25, -0.2) is 4.79 Å². The second-order valence-electron chi connectivity index (χ2n) is 18.6. The Bertz CT molecular complexity index is 992. The van der Waals surface area contributed by atoms with Crippen molar-refractivity contribution >= 4 is 18.1 Å². The van der Waals surface area contributed by atoms with Crippen LogP contribution in [-0.2, 0) is 28.5 Å². The van der Waals surface area contributed by atoms with Crippen molar-refractivity contribution in [3.8, 4) is 0 Å². The van der Waals surface area contributed by atoms with E-state index in [1.807, 2.05) is 4.90 Å². The number of aliphatic hydroxyl groups is 2. The molecule has 0 spiro atoms. The van der Waals surface area contributed by atoms with Gasteiger partial charge in [-0.3, -0.25) is 14.5 Å². The van der Waals surface area contributed by atoms with E-state index in [1.54, 1.807) is 0 Å². The Morgan fingerprint density at radius 2 is 0.794 bits per heavy atom. The van der Waals surface area contributed by atoms with Crippen LogP contribution in [0.4, 0.5) is 4.79 Å². The molecule has 0 aromatic rings. The Hall–Kier alpha value is -1.91. The first-order valence-corrected chi connectivity index (χ1v) is 26.9. The van der Waals surface area contributed by atoms with Crippen LogP contribution >= 0.6 is 0 Å². The molecule has 0 rings (SSSR count). The fourth-order valence-electron chi connectivity index (χ4n) is 8.46. The van der Waals surface area contributed by atoms with Gasteiger partial charge in [0.15, 0.2) is 0 Å². The maximum Gasteiger partial charge on any atom is 0.508 e. The van der Waals surface area contributed by atoms with E-state index in [4.69, 9.17) is 18.9 Å². The van der Waals surface area contributed by atoms with E-state index < -0.39 is 12.1 Å². The molecule has 10 heteroatoms. The average molecular weight is 898 g/mol. The SMILES string of the molecule is CCCCCCCCCCC(CCCCCCCC)CC(=O)OCC(COC(=O)OCCCN(CCO)CCO)COC(=O)C(CCCCCCCC)CCCCCCCCCC. The van der Waals surface area contributed by atoms with Gasteiger partial charge >= 0.3 is 18.1 Å². The highest BCUT2D eigenvalue weighted by Crippen LogP contribution is 2.24. The highest BCUT2D eigenvalue weighted by molar-refractivity contribution is 5.72. The summed E-state index contributed by atoms with van der Waals surface area (Å²) >= 11 is 0. The van der Waals surface area contributed by atoms with Gasteiger partial charge in [0.2, 0.25) is 0 Å². The molecular formula is C53H103NO9. The van der Waals surface area contributed by atoms with Gasteiger partial charge in [0.1, 0.15) is 19.8 Å². The van der Waals surface area contributed by atoms with Crippen molar-refractivity contribution < 1.29 is 43.5 Å². The van der Waals surface area contributed by atoms with Gasteiger partial charge in [0.05, 0.1) is 31.7 Å². The van der Waals surface area contributed by atoms with Crippen LogP contribution in [0.3, 0.4) is 0 Å². The molecule has 0 aromatic heterocycles. The number of aliphatic hydroxyl groups excluding tert-OH is 2. The summed E-state index contributed by atoms with van der Waals surface area (Å²) in [5.74, 6) is -0.838. The van der Waals surface area contributed by atoms with Crippen LogP contribution in [0.2, 0.25) is 0 Å². The molecule has 0 saturated heterocycles. The minimum Gasteiger partial charge on any atom is -0.465 e. The number of carbonyl (C=O) groups excluding carboxylic acids is 3. The van der Waals surface area contributed by atoms with Crippen molar-refractivity contribution in [2.45, 2.75) is 246 Å². The quantitative estimate of drug-likeness (QED) is 0.0345. The lowest BCUT2D eigenvalue weighted by atomic mass is 9.91. The van der Waals surface area contributed by atoms with Crippen molar-refractivity contribution in [1.82, 2.24) is 4.90 Å². The fourth-order valence-corrected chi connectivity index (χ4v) is 8.46. The third-order valence-electron chi connectivity index (χ3n) is 12.6. The van der Waals surface area contributed by atoms with Crippen molar-refractivity contribution in [2.24, 2.45) is 17.8 Å². The van der Waals surface area contributed by atoms with Gasteiger partial charge < -0.3 is 29.2 Å². The molecule has 2 N–H and O–H groups in total. The highest BCUT2D eigenvalue weighted by Gasteiger charge is 2.24. The second-order valence-corrected chi connectivity index (χ2v) is 18.6. The molecule has 0 radical (unpaired) electrons. The Balaban J connectivity index is 5.55. The number of carbonyl (C=O) groups is 3. The van der Waals surface area contributed by atoms with E-state index in [9.17, 15) is 24.6 Å². The number of nitrogens with zero attached hydrogens (tertiary/aromatic N) is 1. The highest BCUT2D eigenvalue weighted by atomic mass is 16.7. The smallest absolute Gasteiger partial charge is 0.465 e. The van der Waals surface area contributed by atoms with E-state index in [2.05, 4.69) is 27.7 Å². The van der Waals surface area contributed by atoms with Gasteiger partial charge in [-0.1, -0.05) is 207 Å². The van der Waals surface area contributed by atoms with Crippen molar-refractivity contribution in [3.05, 3.63) is 0 Å². The van der Waals surface area contributed by atoms with Crippen LogP contribution in [0.15, 0.2) is 0 Å². The van der Waals surface area contributed by atoms with E-state index >= 15 is 0 Å². The fraction of sp³-hybridized carbons (Fsp3) is 0.943. The van der Waals surface area contributed by atoms with Crippen LogP contribution in [0.1, 0.15) is 246 Å². The average Bonchev–Trinajstić information content (AvgIpc) is 3.28. The van der Waals surface area contributed by atoms with E-state index in [0.29, 0.717) is 32.5 Å². The minimum absolute atomic E-state index is 0.000542. The summed E-state index contributed by atoms with van der Waals surface area (Å²) in [5.41, 5.74) is 0. The summed E-state index contributed by atoms with van der Waals surface area (Å²) in [5, 5.41) is 18.6. The molecule has 0 aromatic carbocycles. The molecule has 3 atom stereocenters. The maximum absolute atomic E-state index is 13.7. The molecule has 0 aliphatic heterocycles. The number of hydrogen-bond acceptors (Lipinski definition) is 10. The Morgan fingerprint density at radius 1 is 0.413 bits per heavy atom. The van der Waals surface area contributed by atoms with Crippen LogP contribution < -0.4 is 0 Å². The monoisotopic (exact) mass is 898 g/mol. The van der Waals surface area contributed by atoms with Gasteiger partial charge in [-0.2, -0.15) is 0 Å². The number of hydrogen-bond donors (Lipinski definition) is 2. The summed E-state index contributed by atoms with van der Waals surface area (Å²) < 4.78 is 22.7. The topological polar surface area (TPSA) is 132 Å². The maximum atomic E-state index is 13.7. The first-order valence-electron chi connectivity index (χ1n) is 26.9. The van der Waals surface area contributed by atoms with Gasteiger partial charge in [0.25, 0.3) is 0 Å². The third-order valence-corrected chi connectivity index (χ3v) is 12.6. The normalized spacial score (nSPS) is 12.9. The van der Waals surface area contributed by atoms with Crippen LogP contribution in [0, 0.1) is 17.8 Å². The van der Waals surface area contributed by atoms with Crippen LogP contribution in [0.5, 0.6) is 0 Å². The Labute approximate surface area is 388 Å². The van der Waals surface area contributed by atoms with Crippen molar-refractivity contribution in [2.75, 3.05) is 59.3 Å². The number of rotatable bonds is 49. The molecule has 63 heavy (non-hydrogen) atoms. The van der Waals surface area contributed by atoms with Crippen molar-refractivity contribution in [3.63, 3.8) is 0 Å². The summed E-state index contributed by atoms with van der Waals surface area (Å²) in [4.78, 5) is 41.7. The Kier molecular flexibility index (Phi) is 46.6. The summed E-state index contributed by atoms with van der Waals surface area (Å²) in [6.45, 7) is 10.4. The molecule has 0 aliphatic rings. The van der Waals surface area contributed by atoms with Crippen LogP contribution in [0.25, 0.3) is 0 Å². The molecule has 0 heterocycles. The van der Waals surface area contributed by atoms with Gasteiger partial charge in [0, 0.05) is 26.1 Å². The summed E-state index contributed by atoms with van der Waals surface area (Å²) in [7, 11) is 0. The standard InChI is InChI=1S/C53H103NO9/c1-5-9-13-17-21-23-26-30-35-48(34-29-25-19-15-11-7-3)44-51(57)61-45-49(47-63-53(59)60-43-33-38-54(39-41-55)40-42-56)46-62-52(58)50(36-31-27-20-16-12-8-4)37-32-28-24-22-18-14-10-6-2/h48-50,55-56H,5-47H2,1-4H3. The zero-order valence-corrected chi connectivity index (χ0v) is 41.8. The molecular weight excluding hydrogens is 795 g/mol. The first kappa shape index (κ1) is 61.1. The zero-order valence-electron chi connectivity index (χ0n) is 41.8. The third kappa shape index (κ3) is 41.3. The van der Waals surface area contributed by atoms with Crippen molar-refractivity contribution in [1.29, 1.82) is 0 Å². The second kappa shape index (κ2) is 48.0. The predicted octanol–water partition coefficient (Wildman–Crippen LogP) is 13.7. The molecule has 0 saturated carbocycles. The summed E-state index contributed by atoms with van der Waals surface area (Å²) in [6.07, 6.45) is 38.0. The largest absolute Gasteiger partial charge is 0.508 e. The first-order chi connectivity index (χ1) is 30.8. The predicted molar refractivity (Wildman–Crippen MR) is 260 cm³/mol. The molecule has 0 aliphatic carbocycles. The molecule has 374 valence electrons. The molecule has 0 fully saturated rings. The molecule has 0 bridgehead atoms. The van der Waals surface area contributed by atoms with Gasteiger partial charge in [-0.05, 0) is 38.0 Å². The number of esters is 2. The van der Waals surface area contributed by atoms with E-state index in [1.165, 1.54) is 141 Å². The number of ether oxygens (including phenoxy) is 4. The lowest BCUT2D eigenvalue weighted by molar-refractivity contribution is -0.154. The lowest BCUT2D eigenvalue weighted by Gasteiger charge is -2.21. The minimum atomic E-state index is -0.825. The molecule has 0 amide bonds. The zero-order chi connectivity index (χ0) is 46.3. The lowest BCUT2D eigenvalue weighted by Crippen LogP contribution is -2.31. The number of unbranched alkanes of at least 4 members (excludes halogenated alkanes) is 24. The van der Waals surface area contributed by atoms with Crippen LogP contribution in [-0.4, -0.2) is 92.5 Å².